The molecule has 1 saturated carbocycles. The first kappa shape index (κ1) is 10.8. The van der Waals surface area contributed by atoms with E-state index in [2.05, 4.69) is 5.32 Å². The number of hydrogen-bond donors (Lipinski definition) is 2. The van der Waals surface area contributed by atoms with Crippen molar-refractivity contribution in [3.05, 3.63) is 23.8 Å². The topological polar surface area (TPSA) is 64.4 Å². The number of carbonyl (C=O) groups excluding carboxylic acids is 1. The van der Waals surface area contributed by atoms with Gasteiger partial charge in [0.05, 0.1) is 17.9 Å². The molecule has 3 N–H and O–H groups in total. The van der Waals surface area contributed by atoms with E-state index in [1.54, 1.807) is 25.2 Å². The number of nitrogen functional groups attached to an aromatic ring is 1. The summed E-state index contributed by atoms with van der Waals surface area (Å²) in [6.45, 7) is 0.651. The third-order valence-electron chi connectivity index (χ3n) is 2.68. The molecule has 0 spiro atoms. The third kappa shape index (κ3) is 2.27. The van der Waals surface area contributed by atoms with E-state index in [4.69, 9.17) is 10.5 Å². The lowest BCUT2D eigenvalue weighted by molar-refractivity contribution is 0.0959. The van der Waals surface area contributed by atoms with Gasteiger partial charge in [-0.2, -0.15) is 0 Å². The molecule has 1 aromatic carbocycles. The van der Waals surface area contributed by atoms with Gasteiger partial charge in [0.25, 0.3) is 5.91 Å². The second-order valence-electron chi connectivity index (χ2n) is 4.06. The predicted octanol–water partition coefficient (Wildman–Crippen LogP) is 1.42. The van der Waals surface area contributed by atoms with Crippen LogP contribution in [0.3, 0.4) is 0 Å². The number of anilines is 1. The van der Waals surface area contributed by atoms with E-state index in [9.17, 15) is 4.79 Å². The van der Waals surface area contributed by atoms with Crippen LogP contribution in [0.1, 0.15) is 23.2 Å². The molecule has 0 aliphatic heterocycles. The highest BCUT2D eigenvalue weighted by Gasteiger charge is 2.23. The number of amides is 1. The van der Waals surface area contributed by atoms with Crippen molar-refractivity contribution in [2.24, 2.45) is 5.92 Å². The number of rotatable bonds is 4. The van der Waals surface area contributed by atoms with Crippen LogP contribution >= 0.6 is 0 Å². The first-order chi connectivity index (χ1) is 7.72. The van der Waals surface area contributed by atoms with Gasteiger partial charge in [-0.3, -0.25) is 4.79 Å². The summed E-state index contributed by atoms with van der Waals surface area (Å²) < 4.78 is 5.63. The van der Waals surface area contributed by atoms with Crippen molar-refractivity contribution in [1.29, 1.82) is 0 Å². The largest absolute Gasteiger partial charge is 0.490 e. The van der Waals surface area contributed by atoms with E-state index < -0.39 is 0 Å². The number of hydrogen-bond acceptors (Lipinski definition) is 3. The zero-order valence-corrected chi connectivity index (χ0v) is 9.32. The Bertz CT molecular complexity index is 400. The van der Waals surface area contributed by atoms with Gasteiger partial charge in [-0.05, 0) is 30.9 Å². The molecule has 1 aliphatic carbocycles. The van der Waals surface area contributed by atoms with Crippen LogP contribution < -0.4 is 15.8 Å². The Labute approximate surface area is 94.8 Å². The summed E-state index contributed by atoms with van der Waals surface area (Å²) in [6, 6.07) is 5.22. The molecule has 0 bridgehead atoms. The lowest BCUT2D eigenvalue weighted by Gasteiger charge is -2.12. The SMILES string of the molecule is CNC(=O)c1cccc(N)c1OCC1CC1. The zero-order chi connectivity index (χ0) is 11.5. The molecule has 0 aromatic heterocycles. The average Bonchev–Trinajstić information content (AvgIpc) is 3.10. The molecule has 2 rings (SSSR count). The van der Waals surface area contributed by atoms with Crippen molar-refractivity contribution < 1.29 is 9.53 Å². The van der Waals surface area contributed by atoms with E-state index >= 15 is 0 Å². The number of para-hydroxylation sites is 1. The maximum atomic E-state index is 11.6. The first-order valence-corrected chi connectivity index (χ1v) is 5.45. The monoisotopic (exact) mass is 220 g/mol. The van der Waals surface area contributed by atoms with Crippen LogP contribution in [0.2, 0.25) is 0 Å². The van der Waals surface area contributed by atoms with E-state index in [0.717, 1.165) is 0 Å². The van der Waals surface area contributed by atoms with Gasteiger partial charge in [-0.1, -0.05) is 6.07 Å². The van der Waals surface area contributed by atoms with E-state index in [1.165, 1.54) is 12.8 Å². The summed E-state index contributed by atoms with van der Waals surface area (Å²) >= 11 is 0. The van der Waals surface area contributed by atoms with Gasteiger partial charge in [0.15, 0.2) is 5.75 Å². The van der Waals surface area contributed by atoms with Crippen molar-refractivity contribution in [3.63, 3.8) is 0 Å². The van der Waals surface area contributed by atoms with Crippen molar-refractivity contribution in [2.45, 2.75) is 12.8 Å². The minimum atomic E-state index is -0.168. The Morgan fingerprint density at radius 2 is 2.31 bits per heavy atom. The maximum Gasteiger partial charge on any atom is 0.254 e. The summed E-state index contributed by atoms with van der Waals surface area (Å²) in [5.74, 6) is 0.976. The van der Waals surface area contributed by atoms with Gasteiger partial charge in [0.1, 0.15) is 0 Å². The van der Waals surface area contributed by atoms with Crippen LogP contribution in [-0.2, 0) is 0 Å². The molecule has 1 amide bonds. The summed E-state index contributed by atoms with van der Waals surface area (Å²) in [4.78, 5) is 11.6. The van der Waals surface area contributed by atoms with Crippen LogP contribution in [-0.4, -0.2) is 19.6 Å². The second kappa shape index (κ2) is 4.43. The van der Waals surface area contributed by atoms with Gasteiger partial charge >= 0.3 is 0 Å². The van der Waals surface area contributed by atoms with E-state index in [-0.39, 0.29) is 5.91 Å². The molecule has 0 unspecified atom stereocenters. The standard InChI is InChI=1S/C12H16N2O2/c1-14-12(15)9-3-2-4-10(13)11(9)16-7-8-5-6-8/h2-4,8H,5-7,13H2,1H3,(H,14,15). The molecule has 1 aliphatic rings. The first-order valence-electron chi connectivity index (χ1n) is 5.45. The molecule has 1 fully saturated rings. The summed E-state index contributed by atoms with van der Waals surface area (Å²) in [7, 11) is 1.59. The maximum absolute atomic E-state index is 11.6. The van der Waals surface area contributed by atoms with Gasteiger partial charge < -0.3 is 15.8 Å². The van der Waals surface area contributed by atoms with Gasteiger partial charge in [-0.15, -0.1) is 0 Å². The molecule has 4 nitrogen and oxygen atoms in total. The molecule has 4 heteroatoms. The minimum absolute atomic E-state index is 0.168. The molecular weight excluding hydrogens is 204 g/mol. The van der Waals surface area contributed by atoms with Crippen molar-refractivity contribution >= 4 is 11.6 Å². The van der Waals surface area contributed by atoms with E-state index in [1.807, 2.05) is 0 Å². The highest BCUT2D eigenvalue weighted by atomic mass is 16.5. The highest BCUT2D eigenvalue weighted by molar-refractivity contribution is 5.98. The van der Waals surface area contributed by atoms with Gasteiger partial charge in [0.2, 0.25) is 0 Å². The van der Waals surface area contributed by atoms with Crippen molar-refractivity contribution in [1.82, 2.24) is 5.32 Å². The average molecular weight is 220 g/mol. The highest BCUT2D eigenvalue weighted by Crippen LogP contribution is 2.32. The number of nitrogens with one attached hydrogen (secondary N) is 1. The zero-order valence-electron chi connectivity index (χ0n) is 9.32. The minimum Gasteiger partial charge on any atom is -0.490 e. The molecular formula is C12H16N2O2. The Morgan fingerprint density at radius 1 is 1.56 bits per heavy atom. The summed E-state index contributed by atoms with van der Waals surface area (Å²) in [6.07, 6.45) is 2.42. The molecule has 86 valence electrons. The van der Waals surface area contributed by atoms with Gasteiger partial charge in [-0.25, -0.2) is 0 Å². The van der Waals surface area contributed by atoms with Gasteiger partial charge in [0, 0.05) is 7.05 Å². The predicted molar refractivity (Wildman–Crippen MR) is 62.5 cm³/mol. The van der Waals surface area contributed by atoms with Crippen LogP contribution in [0.4, 0.5) is 5.69 Å². The molecule has 0 saturated heterocycles. The van der Waals surface area contributed by atoms with Crippen molar-refractivity contribution in [2.75, 3.05) is 19.4 Å². The number of ether oxygens (including phenoxy) is 1. The fourth-order valence-electron chi connectivity index (χ4n) is 1.52. The Hall–Kier alpha value is -1.71. The Morgan fingerprint density at radius 3 is 2.94 bits per heavy atom. The molecule has 0 heterocycles. The normalized spacial score (nSPS) is 14.6. The lowest BCUT2D eigenvalue weighted by Crippen LogP contribution is -2.19. The third-order valence-corrected chi connectivity index (χ3v) is 2.68. The quantitative estimate of drug-likeness (QED) is 0.754. The summed E-state index contributed by atoms with van der Waals surface area (Å²) in [5.41, 5.74) is 6.83. The molecule has 0 radical (unpaired) electrons. The van der Waals surface area contributed by atoms with Crippen LogP contribution in [0, 0.1) is 5.92 Å². The van der Waals surface area contributed by atoms with Crippen LogP contribution in [0.5, 0.6) is 5.75 Å². The number of nitrogens with two attached hydrogens (primary N) is 1. The van der Waals surface area contributed by atoms with Crippen molar-refractivity contribution in [3.8, 4) is 5.75 Å². The summed E-state index contributed by atoms with van der Waals surface area (Å²) in [5, 5.41) is 2.58. The molecule has 1 aromatic rings. The van der Waals surface area contributed by atoms with Crippen LogP contribution in [0.15, 0.2) is 18.2 Å². The second-order valence-corrected chi connectivity index (χ2v) is 4.06. The molecule has 0 atom stereocenters. The number of benzene rings is 1. The fraction of sp³-hybridized carbons (Fsp3) is 0.417. The fourth-order valence-corrected chi connectivity index (χ4v) is 1.52. The molecule has 16 heavy (non-hydrogen) atoms. The van der Waals surface area contributed by atoms with E-state index in [0.29, 0.717) is 29.5 Å². The Balaban J connectivity index is 2.20. The van der Waals surface area contributed by atoms with Crippen LogP contribution in [0.25, 0.3) is 0 Å². The lowest BCUT2D eigenvalue weighted by atomic mass is 10.1. The number of carbonyl (C=O) groups is 1. The Kier molecular flexibility index (Phi) is 2.99. The smallest absolute Gasteiger partial charge is 0.254 e.